The average molecular weight is 407 g/mol. The second-order valence-electron chi connectivity index (χ2n) is 7.32. The van der Waals surface area contributed by atoms with E-state index in [0.29, 0.717) is 17.9 Å². The van der Waals surface area contributed by atoms with E-state index in [-0.39, 0.29) is 5.69 Å². The van der Waals surface area contributed by atoms with Crippen molar-refractivity contribution >= 4 is 33.9 Å². The summed E-state index contributed by atoms with van der Waals surface area (Å²) in [5.74, 6) is 0.140. The third kappa shape index (κ3) is 3.44. The van der Waals surface area contributed by atoms with Gasteiger partial charge in [0, 0.05) is 28.9 Å². The predicted molar refractivity (Wildman–Crippen MR) is 121 cm³/mol. The molecule has 1 aliphatic rings. The number of nitrogens with zero attached hydrogens (tertiary/aromatic N) is 3. The van der Waals surface area contributed by atoms with Gasteiger partial charge in [0.2, 0.25) is 0 Å². The number of nitro benzene ring substituents is 1. The molecule has 0 saturated carbocycles. The van der Waals surface area contributed by atoms with Crippen molar-refractivity contribution < 1.29 is 9.72 Å². The summed E-state index contributed by atoms with van der Waals surface area (Å²) in [6, 6.07) is 27.7. The van der Waals surface area contributed by atoms with Crippen LogP contribution in [0.2, 0.25) is 0 Å². The summed E-state index contributed by atoms with van der Waals surface area (Å²) in [5, 5.41) is 13.1. The number of carbonyl (C=O) groups is 1. The number of non-ortho nitro benzene ring substituents is 1. The second-order valence-corrected chi connectivity index (χ2v) is 7.32. The Balaban J connectivity index is 1.56. The van der Waals surface area contributed by atoms with Crippen LogP contribution in [0.3, 0.4) is 0 Å². The molecular weight excluding hydrogens is 390 g/mol. The van der Waals surface area contributed by atoms with Gasteiger partial charge in [-0.1, -0.05) is 54.6 Å². The van der Waals surface area contributed by atoms with Crippen molar-refractivity contribution in [2.24, 2.45) is 4.99 Å². The minimum Gasteiger partial charge on any atom is -0.321 e. The number of amidine groups is 1. The Bertz CT molecular complexity index is 1360. The molecular formula is C25H17N3O3. The molecule has 0 N–H and O–H groups in total. The smallest absolute Gasteiger partial charge is 0.278 e. The van der Waals surface area contributed by atoms with Crippen molar-refractivity contribution in [1.82, 2.24) is 0 Å². The molecule has 1 heterocycles. The van der Waals surface area contributed by atoms with E-state index in [4.69, 9.17) is 0 Å². The zero-order chi connectivity index (χ0) is 21.4. The lowest BCUT2D eigenvalue weighted by Crippen LogP contribution is -2.25. The van der Waals surface area contributed by atoms with Crippen LogP contribution >= 0.6 is 0 Å². The molecule has 150 valence electrons. The van der Waals surface area contributed by atoms with Gasteiger partial charge in [0.15, 0.2) is 0 Å². The summed E-state index contributed by atoms with van der Waals surface area (Å²) in [7, 11) is 0. The SMILES string of the molecule is O=C(N=C1c2ccccc2CN1c1ccc2ccccc2c1)c1ccc([N+](=O)[O-])cc1. The summed E-state index contributed by atoms with van der Waals surface area (Å²) >= 11 is 0. The van der Waals surface area contributed by atoms with Crippen molar-refractivity contribution in [3.05, 3.63) is 118 Å². The van der Waals surface area contributed by atoms with Crippen LogP contribution in [0.25, 0.3) is 10.8 Å². The van der Waals surface area contributed by atoms with Crippen LogP contribution in [0.15, 0.2) is 96.0 Å². The van der Waals surface area contributed by atoms with Gasteiger partial charge in [0.25, 0.3) is 11.6 Å². The molecule has 0 radical (unpaired) electrons. The molecule has 0 saturated heterocycles. The quantitative estimate of drug-likeness (QED) is 0.339. The summed E-state index contributed by atoms with van der Waals surface area (Å²) < 4.78 is 0. The number of rotatable bonds is 3. The first-order valence-electron chi connectivity index (χ1n) is 9.82. The van der Waals surface area contributed by atoms with Crippen molar-refractivity contribution in [1.29, 1.82) is 0 Å². The average Bonchev–Trinajstić information content (AvgIpc) is 3.17. The molecule has 0 atom stereocenters. The second kappa shape index (κ2) is 7.50. The highest BCUT2D eigenvalue weighted by Crippen LogP contribution is 2.31. The van der Waals surface area contributed by atoms with E-state index in [9.17, 15) is 14.9 Å². The van der Waals surface area contributed by atoms with Gasteiger partial charge in [0.05, 0.1) is 11.5 Å². The van der Waals surface area contributed by atoms with Gasteiger partial charge in [-0.2, -0.15) is 4.99 Å². The fourth-order valence-corrected chi connectivity index (χ4v) is 3.83. The molecule has 4 aromatic rings. The Labute approximate surface area is 178 Å². The Morgan fingerprint density at radius 3 is 2.35 bits per heavy atom. The molecule has 1 aliphatic heterocycles. The minimum absolute atomic E-state index is 0.0618. The first-order chi connectivity index (χ1) is 15.1. The molecule has 0 spiro atoms. The molecule has 6 heteroatoms. The minimum atomic E-state index is -0.491. The Morgan fingerprint density at radius 1 is 0.871 bits per heavy atom. The Hall–Kier alpha value is -4.32. The van der Waals surface area contributed by atoms with Crippen LogP contribution in [-0.2, 0) is 6.54 Å². The highest BCUT2D eigenvalue weighted by Gasteiger charge is 2.27. The van der Waals surface area contributed by atoms with E-state index in [2.05, 4.69) is 29.3 Å². The van der Waals surface area contributed by atoms with E-state index >= 15 is 0 Å². The maximum Gasteiger partial charge on any atom is 0.278 e. The highest BCUT2D eigenvalue weighted by molar-refractivity contribution is 6.19. The normalized spacial score (nSPS) is 14.1. The van der Waals surface area contributed by atoms with E-state index < -0.39 is 10.8 Å². The van der Waals surface area contributed by atoms with Gasteiger partial charge in [-0.25, -0.2) is 0 Å². The topological polar surface area (TPSA) is 75.8 Å². The van der Waals surface area contributed by atoms with Gasteiger partial charge in [0.1, 0.15) is 5.84 Å². The van der Waals surface area contributed by atoms with Gasteiger partial charge in [-0.3, -0.25) is 14.9 Å². The fourth-order valence-electron chi connectivity index (χ4n) is 3.83. The maximum absolute atomic E-state index is 12.9. The number of amides is 1. The monoisotopic (exact) mass is 407 g/mol. The van der Waals surface area contributed by atoms with Crippen LogP contribution in [0, 0.1) is 10.1 Å². The third-order valence-electron chi connectivity index (χ3n) is 5.42. The lowest BCUT2D eigenvalue weighted by atomic mass is 10.1. The highest BCUT2D eigenvalue weighted by atomic mass is 16.6. The van der Waals surface area contributed by atoms with Gasteiger partial charge in [-0.05, 0) is 40.6 Å². The van der Waals surface area contributed by atoms with Crippen LogP contribution in [0.5, 0.6) is 0 Å². The van der Waals surface area contributed by atoms with Crippen LogP contribution in [0.4, 0.5) is 11.4 Å². The van der Waals surface area contributed by atoms with Crippen LogP contribution < -0.4 is 4.90 Å². The number of nitro groups is 1. The fraction of sp³-hybridized carbons (Fsp3) is 0.0400. The number of fused-ring (bicyclic) bond motifs is 2. The number of benzene rings is 4. The Kier molecular flexibility index (Phi) is 4.52. The third-order valence-corrected chi connectivity index (χ3v) is 5.42. The number of hydrogen-bond donors (Lipinski definition) is 0. The predicted octanol–water partition coefficient (Wildman–Crippen LogP) is 5.36. The number of carbonyl (C=O) groups excluding carboxylic acids is 1. The number of aliphatic imine (C=N–C) groups is 1. The van der Waals surface area contributed by atoms with Crippen molar-refractivity contribution in [3.8, 4) is 0 Å². The van der Waals surface area contributed by atoms with E-state index in [1.165, 1.54) is 24.3 Å². The summed E-state index contributed by atoms with van der Waals surface area (Å²) in [5.41, 5.74) is 3.19. The van der Waals surface area contributed by atoms with Crippen molar-refractivity contribution in [2.45, 2.75) is 6.54 Å². The molecule has 1 amide bonds. The largest absolute Gasteiger partial charge is 0.321 e. The number of hydrogen-bond acceptors (Lipinski definition) is 3. The van der Waals surface area contributed by atoms with E-state index in [1.807, 2.05) is 47.4 Å². The van der Waals surface area contributed by atoms with Crippen molar-refractivity contribution in [2.75, 3.05) is 4.90 Å². The molecule has 0 fully saturated rings. The zero-order valence-corrected chi connectivity index (χ0v) is 16.4. The first kappa shape index (κ1) is 18.7. The molecule has 5 rings (SSSR count). The van der Waals surface area contributed by atoms with Gasteiger partial charge >= 0.3 is 0 Å². The lowest BCUT2D eigenvalue weighted by Gasteiger charge is -2.20. The maximum atomic E-state index is 12.9. The summed E-state index contributed by atoms with van der Waals surface area (Å²) in [6.45, 7) is 0.612. The number of anilines is 1. The van der Waals surface area contributed by atoms with Crippen molar-refractivity contribution in [3.63, 3.8) is 0 Å². The Morgan fingerprint density at radius 2 is 1.58 bits per heavy atom. The van der Waals surface area contributed by atoms with Crippen LogP contribution in [0.1, 0.15) is 21.5 Å². The molecule has 4 aromatic carbocycles. The lowest BCUT2D eigenvalue weighted by molar-refractivity contribution is -0.384. The molecule has 6 nitrogen and oxygen atoms in total. The molecule has 0 aliphatic carbocycles. The van der Waals surface area contributed by atoms with Crippen LogP contribution in [-0.4, -0.2) is 16.7 Å². The molecule has 31 heavy (non-hydrogen) atoms. The molecule has 0 bridgehead atoms. The van der Waals surface area contributed by atoms with E-state index in [0.717, 1.165) is 27.6 Å². The molecule has 0 aromatic heterocycles. The molecule has 0 unspecified atom stereocenters. The summed E-state index contributed by atoms with van der Waals surface area (Å²) in [6.07, 6.45) is 0. The van der Waals surface area contributed by atoms with Gasteiger partial charge in [-0.15, -0.1) is 0 Å². The zero-order valence-electron chi connectivity index (χ0n) is 16.4. The van der Waals surface area contributed by atoms with Gasteiger partial charge < -0.3 is 4.90 Å². The first-order valence-corrected chi connectivity index (χ1v) is 9.82. The van der Waals surface area contributed by atoms with E-state index in [1.54, 1.807) is 0 Å². The standard InChI is InChI=1S/C25H17N3O3/c29-25(18-10-12-21(13-11-18)28(30)31)26-24-23-8-4-3-7-20(23)16-27(24)22-14-9-17-5-1-2-6-19(17)15-22/h1-15H,16H2. The summed E-state index contributed by atoms with van der Waals surface area (Å²) in [4.78, 5) is 29.7.